The van der Waals surface area contributed by atoms with Crippen LogP contribution in [-0.4, -0.2) is 20.3 Å². The van der Waals surface area contributed by atoms with Crippen LogP contribution in [0.1, 0.15) is 11.1 Å². The summed E-state index contributed by atoms with van der Waals surface area (Å²) in [5, 5.41) is 2.26. The molecular weight excluding hydrogens is 287 g/mol. The molecule has 0 unspecified atom stereocenters. The van der Waals surface area contributed by atoms with E-state index in [0.717, 1.165) is 19.2 Å². The van der Waals surface area contributed by atoms with Crippen molar-refractivity contribution in [2.24, 2.45) is 0 Å². The summed E-state index contributed by atoms with van der Waals surface area (Å²) in [7, 11) is 2.35. The number of nitrogens with one attached hydrogen (secondary N) is 1. The minimum absolute atomic E-state index is 0.00639. The lowest BCUT2D eigenvalue weighted by Crippen LogP contribution is -2.22. The Kier molecular flexibility index (Phi) is 4.88. The van der Waals surface area contributed by atoms with Crippen LogP contribution in [0.15, 0.2) is 12.1 Å². The molecule has 0 aromatic heterocycles. The maximum absolute atomic E-state index is 12.7. The van der Waals surface area contributed by atoms with Crippen LogP contribution in [0.2, 0.25) is 5.02 Å². The van der Waals surface area contributed by atoms with E-state index >= 15 is 0 Å². The minimum Gasteiger partial charge on any atom is -0.495 e. The smallest absolute Gasteiger partial charge is 0.416 e. The Morgan fingerprint density at radius 3 is 2.47 bits per heavy atom. The van der Waals surface area contributed by atoms with E-state index in [1.165, 1.54) is 7.11 Å². The van der Waals surface area contributed by atoms with Crippen molar-refractivity contribution in [1.29, 1.82) is 0 Å². The molecule has 1 aromatic rings. The molecule has 0 spiro atoms. The molecule has 4 nitrogen and oxygen atoms in total. The average molecular weight is 298 g/mol. The first-order valence-corrected chi connectivity index (χ1v) is 5.42. The number of ether oxygens (including phenoxy) is 2. The fourth-order valence-electron chi connectivity index (χ4n) is 1.34. The molecule has 0 atom stereocenters. The largest absolute Gasteiger partial charge is 0.495 e. The molecule has 0 heterocycles. The molecule has 0 aliphatic carbocycles. The fourth-order valence-corrected chi connectivity index (χ4v) is 1.59. The van der Waals surface area contributed by atoms with Crippen molar-refractivity contribution in [1.82, 2.24) is 5.32 Å². The van der Waals surface area contributed by atoms with Gasteiger partial charge in [-0.15, -0.1) is 0 Å². The monoisotopic (exact) mass is 297 g/mol. The van der Waals surface area contributed by atoms with E-state index in [2.05, 4.69) is 10.1 Å². The van der Waals surface area contributed by atoms with Crippen molar-refractivity contribution in [2.45, 2.75) is 12.7 Å². The number of alkyl halides is 3. The highest BCUT2D eigenvalue weighted by Gasteiger charge is 2.32. The summed E-state index contributed by atoms with van der Waals surface area (Å²) >= 11 is 5.87. The number of halogens is 4. The van der Waals surface area contributed by atoms with Crippen LogP contribution in [-0.2, 0) is 17.5 Å². The summed E-state index contributed by atoms with van der Waals surface area (Å²) in [5.74, 6) is -0.113. The molecule has 1 aromatic carbocycles. The van der Waals surface area contributed by atoms with Crippen LogP contribution in [0.4, 0.5) is 18.0 Å². The number of benzene rings is 1. The second-order valence-electron chi connectivity index (χ2n) is 3.49. The average Bonchev–Trinajstić information content (AvgIpc) is 2.35. The van der Waals surface area contributed by atoms with Crippen molar-refractivity contribution in [3.63, 3.8) is 0 Å². The Hall–Kier alpha value is -1.63. The first-order chi connectivity index (χ1) is 8.79. The molecule has 0 saturated carbocycles. The summed E-state index contributed by atoms with van der Waals surface area (Å²) in [6.07, 6.45) is -5.30. The molecule has 0 aliphatic rings. The first-order valence-electron chi connectivity index (χ1n) is 5.05. The molecular formula is C11H11ClF3NO3. The predicted octanol–water partition coefficient (Wildman–Crippen LogP) is 3.22. The Morgan fingerprint density at radius 2 is 2.00 bits per heavy atom. The van der Waals surface area contributed by atoms with Crippen LogP contribution < -0.4 is 10.1 Å². The molecule has 0 aliphatic heterocycles. The molecule has 1 rings (SSSR count). The molecule has 0 bridgehead atoms. The lowest BCUT2D eigenvalue weighted by atomic mass is 10.1. The van der Waals surface area contributed by atoms with Gasteiger partial charge >= 0.3 is 12.3 Å². The summed E-state index contributed by atoms with van der Waals surface area (Å²) in [5.41, 5.74) is -0.825. The number of carbonyl (C=O) groups excluding carboxylic acids is 1. The van der Waals surface area contributed by atoms with Crippen molar-refractivity contribution >= 4 is 17.7 Å². The van der Waals surface area contributed by atoms with Gasteiger partial charge in [0.25, 0.3) is 0 Å². The maximum Gasteiger partial charge on any atom is 0.416 e. The van der Waals surface area contributed by atoms with E-state index in [4.69, 9.17) is 16.3 Å². The van der Waals surface area contributed by atoms with Gasteiger partial charge in [0, 0.05) is 6.54 Å². The van der Waals surface area contributed by atoms with E-state index in [0.29, 0.717) is 0 Å². The van der Waals surface area contributed by atoms with Gasteiger partial charge < -0.3 is 14.8 Å². The molecule has 1 amide bonds. The number of carbonyl (C=O) groups is 1. The van der Waals surface area contributed by atoms with E-state index < -0.39 is 17.8 Å². The number of rotatable bonds is 3. The standard InChI is InChI=1S/C11H11ClF3NO3/c1-18-8-4-7(11(13,14)15)3-6(9(8)12)5-16-10(17)19-2/h3-4H,5H2,1-2H3,(H,16,17). The van der Waals surface area contributed by atoms with E-state index in [1.54, 1.807) is 0 Å². The quantitative estimate of drug-likeness (QED) is 0.932. The normalized spacial score (nSPS) is 11.1. The van der Waals surface area contributed by atoms with Gasteiger partial charge in [-0.3, -0.25) is 0 Å². The maximum atomic E-state index is 12.7. The van der Waals surface area contributed by atoms with Crippen LogP contribution in [0.25, 0.3) is 0 Å². The topological polar surface area (TPSA) is 47.6 Å². The number of hydrogen-bond acceptors (Lipinski definition) is 3. The minimum atomic E-state index is -4.53. The van der Waals surface area contributed by atoms with Crippen LogP contribution in [0.3, 0.4) is 0 Å². The molecule has 0 radical (unpaired) electrons. The van der Waals surface area contributed by atoms with E-state index in [-0.39, 0.29) is 22.9 Å². The highest BCUT2D eigenvalue weighted by molar-refractivity contribution is 6.32. The number of amides is 1. The summed E-state index contributed by atoms with van der Waals surface area (Å²) < 4.78 is 47.1. The highest BCUT2D eigenvalue weighted by atomic mass is 35.5. The van der Waals surface area contributed by atoms with Gasteiger partial charge in [-0.25, -0.2) is 4.79 Å². The van der Waals surface area contributed by atoms with Gasteiger partial charge in [0.1, 0.15) is 5.75 Å². The van der Waals surface area contributed by atoms with E-state index in [9.17, 15) is 18.0 Å². The van der Waals surface area contributed by atoms with Gasteiger partial charge in [-0.1, -0.05) is 11.6 Å². The third kappa shape index (κ3) is 3.92. The summed E-state index contributed by atoms with van der Waals surface area (Å²) in [6.45, 7) is -0.203. The molecule has 0 fully saturated rings. The first kappa shape index (κ1) is 15.4. The second-order valence-corrected chi connectivity index (χ2v) is 3.87. The zero-order valence-electron chi connectivity index (χ0n) is 10.1. The zero-order chi connectivity index (χ0) is 14.6. The highest BCUT2D eigenvalue weighted by Crippen LogP contribution is 2.37. The lowest BCUT2D eigenvalue weighted by molar-refractivity contribution is -0.137. The van der Waals surface area contributed by atoms with Gasteiger partial charge in [0.05, 0.1) is 24.8 Å². The summed E-state index contributed by atoms with van der Waals surface area (Å²) in [4.78, 5) is 10.9. The molecule has 106 valence electrons. The second kappa shape index (κ2) is 6.01. The third-order valence-corrected chi connectivity index (χ3v) is 2.70. The van der Waals surface area contributed by atoms with Crippen molar-refractivity contribution in [2.75, 3.05) is 14.2 Å². The Morgan fingerprint density at radius 1 is 1.37 bits per heavy atom. The predicted molar refractivity (Wildman–Crippen MR) is 62.3 cm³/mol. The molecule has 0 saturated heterocycles. The summed E-state index contributed by atoms with van der Waals surface area (Å²) in [6, 6.07) is 1.64. The van der Waals surface area contributed by atoms with Gasteiger partial charge in [0.2, 0.25) is 0 Å². The molecule has 1 N–H and O–H groups in total. The Bertz CT molecular complexity index is 477. The Balaban J connectivity index is 3.11. The van der Waals surface area contributed by atoms with Crippen LogP contribution in [0, 0.1) is 0 Å². The third-order valence-electron chi connectivity index (χ3n) is 2.27. The van der Waals surface area contributed by atoms with Crippen LogP contribution in [0.5, 0.6) is 5.75 Å². The van der Waals surface area contributed by atoms with Crippen molar-refractivity contribution in [3.05, 3.63) is 28.3 Å². The number of hydrogen-bond donors (Lipinski definition) is 1. The zero-order valence-corrected chi connectivity index (χ0v) is 10.9. The van der Waals surface area contributed by atoms with Gasteiger partial charge in [-0.05, 0) is 17.7 Å². The van der Waals surface area contributed by atoms with Gasteiger partial charge in [-0.2, -0.15) is 13.2 Å². The fraction of sp³-hybridized carbons (Fsp3) is 0.364. The van der Waals surface area contributed by atoms with Crippen molar-refractivity contribution in [3.8, 4) is 5.75 Å². The van der Waals surface area contributed by atoms with Crippen molar-refractivity contribution < 1.29 is 27.4 Å². The number of methoxy groups -OCH3 is 2. The lowest BCUT2D eigenvalue weighted by Gasteiger charge is -2.14. The number of alkyl carbamates (subject to hydrolysis) is 1. The van der Waals surface area contributed by atoms with Gasteiger partial charge in [0.15, 0.2) is 0 Å². The Labute approximate surface area is 112 Å². The SMILES string of the molecule is COC(=O)NCc1cc(C(F)(F)F)cc(OC)c1Cl. The molecule has 8 heteroatoms. The molecule has 19 heavy (non-hydrogen) atoms. The van der Waals surface area contributed by atoms with E-state index in [1.807, 2.05) is 0 Å². The van der Waals surface area contributed by atoms with Crippen LogP contribution >= 0.6 is 11.6 Å².